The zero-order valence-corrected chi connectivity index (χ0v) is 16.1. The lowest BCUT2D eigenvalue weighted by atomic mass is 9.91. The fourth-order valence-corrected chi connectivity index (χ4v) is 3.49. The van der Waals surface area contributed by atoms with E-state index < -0.39 is 17.9 Å². The van der Waals surface area contributed by atoms with Crippen LogP contribution in [0.3, 0.4) is 0 Å². The summed E-state index contributed by atoms with van der Waals surface area (Å²) in [7, 11) is 3.14. The van der Waals surface area contributed by atoms with E-state index in [4.69, 9.17) is 18.6 Å². The van der Waals surface area contributed by atoms with Crippen LogP contribution >= 0.6 is 0 Å². The molecule has 2 atom stereocenters. The van der Waals surface area contributed by atoms with Crippen LogP contribution < -0.4 is 9.47 Å². The minimum atomic E-state index is -1.75. The largest absolute Gasteiger partial charge is 0.497 e. The molecule has 0 radical (unpaired) electrons. The Morgan fingerprint density at radius 3 is 2.17 bits per heavy atom. The van der Waals surface area contributed by atoms with Crippen LogP contribution in [0.1, 0.15) is 23.0 Å². The minimum Gasteiger partial charge on any atom is -0.497 e. The molecule has 150 valence electrons. The van der Waals surface area contributed by atoms with Crippen LogP contribution in [0, 0.1) is 0 Å². The van der Waals surface area contributed by atoms with E-state index in [-0.39, 0.29) is 6.54 Å². The number of amides is 1. The third kappa shape index (κ3) is 3.30. The second-order valence-electron chi connectivity index (χ2n) is 6.66. The van der Waals surface area contributed by atoms with Gasteiger partial charge < -0.3 is 23.7 Å². The molecule has 7 heteroatoms. The van der Waals surface area contributed by atoms with Crippen molar-refractivity contribution in [1.29, 1.82) is 0 Å². The highest BCUT2D eigenvalue weighted by atomic mass is 16.6. The van der Waals surface area contributed by atoms with Crippen LogP contribution in [0.25, 0.3) is 0 Å². The van der Waals surface area contributed by atoms with E-state index in [1.165, 1.54) is 11.2 Å². The zero-order valence-electron chi connectivity index (χ0n) is 16.1. The average Bonchev–Trinajstić information content (AvgIpc) is 3.37. The molecule has 1 aliphatic rings. The van der Waals surface area contributed by atoms with E-state index in [0.29, 0.717) is 28.4 Å². The van der Waals surface area contributed by atoms with Gasteiger partial charge in [0.2, 0.25) is 5.72 Å². The number of hydrogen-bond donors (Lipinski definition) is 1. The van der Waals surface area contributed by atoms with E-state index in [2.05, 4.69) is 0 Å². The number of ether oxygens (including phenoxy) is 3. The monoisotopic (exact) mass is 395 g/mol. The van der Waals surface area contributed by atoms with Crippen molar-refractivity contribution in [3.05, 3.63) is 83.8 Å². The predicted molar refractivity (Wildman–Crippen MR) is 103 cm³/mol. The first-order valence-corrected chi connectivity index (χ1v) is 9.07. The first-order valence-electron chi connectivity index (χ1n) is 9.07. The van der Waals surface area contributed by atoms with Crippen LogP contribution in [0.2, 0.25) is 0 Å². The maximum atomic E-state index is 12.8. The molecule has 3 aromatic rings. The predicted octanol–water partition coefficient (Wildman–Crippen LogP) is 3.84. The Morgan fingerprint density at radius 1 is 1.00 bits per heavy atom. The van der Waals surface area contributed by atoms with Crippen LogP contribution in [0.5, 0.6) is 11.5 Å². The van der Waals surface area contributed by atoms with Gasteiger partial charge in [-0.3, -0.25) is 4.90 Å². The van der Waals surface area contributed by atoms with Crippen LogP contribution in [-0.4, -0.2) is 30.3 Å². The Kier molecular flexibility index (Phi) is 4.90. The Bertz CT molecular complexity index is 968. The van der Waals surface area contributed by atoms with E-state index in [1.807, 2.05) is 0 Å². The smallest absolute Gasteiger partial charge is 0.413 e. The molecule has 2 heterocycles. The van der Waals surface area contributed by atoms with Crippen molar-refractivity contribution in [3.63, 3.8) is 0 Å². The molecule has 1 saturated heterocycles. The molecular weight excluding hydrogens is 374 g/mol. The molecule has 0 saturated carbocycles. The molecule has 0 spiro atoms. The Morgan fingerprint density at radius 2 is 1.62 bits per heavy atom. The molecule has 2 unspecified atom stereocenters. The zero-order chi connectivity index (χ0) is 20.4. The van der Waals surface area contributed by atoms with E-state index in [9.17, 15) is 9.90 Å². The average molecular weight is 395 g/mol. The van der Waals surface area contributed by atoms with Crippen LogP contribution in [0.15, 0.2) is 71.3 Å². The Hall–Kier alpha value is -3.45. The fourth-order valence-electron chi connectivity index (χ4n) is 3.49. The third-order valence-electron chi connectivity index (χ3n) is 5.04. The number of nitrogens with zero attached hydrogens (tertiary/aromatic N) is 1. The lowest BCUT2D eigenvalue weighted by Gasteiger charge is -2.34. The first kappa shape index (κ1) is 18.9. The lowest BCUT2D eigenvalue weighted by Crippen LogP contribution is -2.45. The third-order valence-corrected chi connectivity index (χ3v) is 5.04. The molecule has 1 aromatic heterocycles. The summed E-state index contributed by atoms with van der Waals surface area (Å²) in [6, 6.07) is 17.4. The van der Waals surface area contributed by atoms with Gasteiger partial charge >= 0.3 is 6.09 Å². The number of rotatable bonds is 6. The van der Waals surface area contributed by atoms with Crippen molar-refractivity contribution < 1.29 is 28.5 Å². The number of carbonyl (C=O) groups is 1. The number of hydrogen-bond acceptors (Lipinski definition) is 6. The van der Waals surface area contributed by atoms with Crippen LogP contribution in [0.4, 0.5) is 4.79 Å². The summed E-state index contributed by atoms with van der Waals surface area (Å²) in [5.74, 6) is 1.84. The fraction of sp³-hybridized carbons (Fsp3) is 0.227. The number of aliphatic hydroxyl groups is 1. The number of carbonyl (C=O) groups excluding carboxylic acids is 1. The van der Waals surface area contributed by atoms with Gasteiger partial charge in [-0.1, -0.05) is 24.3 Å². The van der Waals surface area contributed by atoms with Gasteiger partial charge in [-0.25, -0.2) is 4.79 Å². The van der Waals surface area contributed by atoms with Gasteiger partial charge in [0.25, 0.3) is 0 Å². The van der Waals surface area contributed by atoms with Crippen molar-refractivity contribution in [2.75, 3.05) is 14.2 Å². The molecule has 29 heavy (non-hydrogen) atoms. The summed E-state index contributed by atoms with van der Waals surface area (Å²) >= 11 is 0. The van der Waals surface area contributed by atoms with E-state index in [0.717, 1.165) is 0 Å². The van der Waals surface area contributed by atoms with Crippen molar-refractivity contribution in [2.45, 2.75) is 18.4 Å². The highest BCUT2D eigenvalue weighted by Crippen LogP contribution is 2.47. The van der Waals surface area contributed by atoms with Crippen molar-refractivity contribution >= 4 is 6.09 Å². The molecule has 1 aliphatic heterocycles. The molecule has 4 rings (SSSR count). The summed E-state index contributed by atoms with van der Waals surface area (Å²) in [5, 5.41) is 11.9. The summed E-state index contributed by atoms with van der Waals surface area (Å²) in [4.78, 5) is 14.0. The normalized spacial score (nSPS) is 21.1. The van der Waals surface area contributed by atoms with Gasteiger partial charge in [0.1, 0.15) is 17.3 Å². The summed E-state index contributed by atoms with van der Waals surface area (Å²) in [6.07, 6.45) is -0.0609. The van der Waals surface area contributed by atoms with Crippen molar-refractivity contribution in [3.8, 4) is 11.5 Å². The maximum Gasteiger partial charge on any atom is 0.413 e. The minimum absolute atomic E-state index is 0.0566. The molecule has 1 amide bonds. The number of methoxy groups -OCH3 is 2. The van der Waals surface area contributed by atoms with Gasteiger partial charge in [-0.05, 0) is 42.0 Å². The maximum absolute atomic E-state index is 12.8. The van der Waals surface area contributed by atoms with Crippen LogP contribution in [-0.2, 0) is 17.0 Å². The quantitative estimate of drug-likeness (QED) is 0.683. The highest BCUT2D eigenvalue weighted by molar-refractivity contribution is 5.72. The standard InChI is InChI=1S/C22H21NO6/c1-26-17-9-5-15(6-10-17)20-22(25,16-7-11-18(27-2)12-8-16)23(21(24)29-20)14-19-4-3-13-28-19/h3-13,20,25H,14H2,1-2H3. The topological polar surface area (TPSA) is 81.4 Å². The van der Waals surface area contributed by atoms with Gasteiger partial charge in [-0.2, -0.15) is 0 Å². The van der Waals surface area contributed by atoms with E-state index >= 15 is 0 Å². The molecule has 1 N–H and O–H groups in total. The van der Waals surface area contributed by atoms with E-state index in [1.54, 1.807) is 74.9 Å². The summed E-state index contributed by atoms with van der Waals surface area (Å²) < 4.78 is 21.4. The van der Waals surface area contributed by atoms with Gasteiger partial charge in [-0.15, -0.1) is 0 Å². The second-order valence-corrected chi connectivity index (χ2v) is 6.66. The molecular formula is C22H21NO6. The summed E-state index contributed by atoms with van der Waals surface area (Å²) in [6.45, 7) is 0.0566. The number of furan rings is 1. The highest BCUT2D eigenvalue weighted by Gasteiger charge is 2.56. The number of benzene rings is 2. The van der Waals surface area contributed by atoms with Gasteiger partial charge in [0.15, 0.2) is 6.10 Å². The molecule has 7 nitrogen and oxygen atoms in total. The number of cyclic esters (lactones) is 1. The SMILES string of the molecule is COc1ccc(C2OC(=O)N(Cc3ccco3)C2(O)c2ccc(OC)cc2)cc1. The van der Waals surface area contributed by atoms with Gasteiger partial charge in [0.05, 0.1) is 27.0 Å². The first-order chi connectivity index (χ1) is 14.1. The van der Waals surface area contributed by atoms with Crippen molar-refractivity contribution in [2.24, 2.45) is 0 Å². The second kappa shape index (κ2) is 7.52. The Labute approximate surface area is 168 Å². The van der Waals surface area contributed by atoms with Gasteiger partial charge in [0, 0.05) is 5.56 Å². The summed E-state index contributed by atoms with van der Waals surface area (Å²) in [5.41, 5.74) is -0.610. The molecule has 1 fully saturated rings. The molecule has 2 aromatic carbocycles. The van der Waals surface area contributed by atoms with Crippen molar-refractivity contribution in [1.82, 2.24) is 4.90 Å². The molecule has 0 aliphatic carbocycles. The Balaban J connectivity index is 1.79. The molecule has 0 bridgehead atoms. The lowest BCUT2D eigenvalue weighted by molar-refractivity contribution is -0.114.